The SMILES string of the molecule is C1CCCCC1.CO.CO.O=C(O)c1cccc(O)c1. The first-order valence-corrected chi connectivity index (χ1v) is 6.62. The molecule has 0 saturated heterocycles. The summed E-state index contributed by atoms with van der Waals surface area (Å²) in [4.78, 5) is 10.2. The minimum Gasteiger partial charge on any atom is -0.508 e. The topological polar surface area (TPSA) is 98.0 Å². The van der Waals surface area contributed by atoms with Crippen molar-refractivity contribution in [3.63, 3.8) is 0 Å². The molecule has 0 radical (unpaired) electrons. The van der Waals surface area contributed by atoms with Crippen molar-refractivity contribution in [2.75, 3.05) is 14.2 Å². The molecule has 0 unspecified atom stereocenters. The average molecular weight is 286 g/mol. The number of hydrogen-bond donors (Lipinski definition) is 4. The largest absolute Gasteiger partial charge is 0.508 e. The number of phenols is 1. The van der Waals surface area contributed by atoms with Gasteiger partial charge in [-0.15, -0.1) is 0 Å². The third-order valence-electron chi connectivity index (χ3n) is 2.59. The molecule has 0 aromatic heterocycles. The molecular weight excluding hydrogens is 260 g/mol. The van der Waals surface area contributed by atoms with Gasteiger partial charge in [-0.1, -0.05) is 44.6 Å². The van der Waals surface area contributed by atoms with Crippen molar-refractivity contribution in [1.29, 1.82) is 0 Å². The first kappa shape index (κ1) is 20.7. The lowest BCUT2D eigenvalue weighted by atomic mass is 10.0. The summed E-state index contributed by atoms with van der Waals surface area (Å²) >= 11 is 0. The molecule has 1 aliphatic carbocycles. The Morgan fingerprint density at radius 2 is 1.30 bits per heavy atom. The van der Waals surface area contributed by atoms with Crippen molar-refractivity contribution in [2.24, 2.45) is 0 Å². The Kier molecular flexibility index (Phi) is 16.0. The fourth-order valence-electron chi connectivity index (χ4n) is 1.70. The summed E-state index contributed by atoms with van der Waals surface area (Å²) in [7, 11) is 2.00. The van der Waals surface area contributed by atoms with Crippen LogP contribution in [0.1, 0.15) is 48.9 Å². The van der Waals surface area contributed by atoms with Crippen LogP contribution in [0.25, 0.3) is 0 Å². The molecule has 1 aromatic carbocycles. The molecule has 2 rings (SSSR count). The lowest BCUT2D eigenvalue weighted by Gasteiger charge is -2.05. The Hall–Kier alpha value is -1.59. The minimum atomic E-state index is -1.03. The number of aliphatic hydroxyl groups is 2. The predicted octanol–water partition coefficient (Wildman–Crippen LogP) is 2.65. The van der Waals surface area contributed by atoms with E-state index in [9.17, 15) is 4.79 Å². The van der Waals surface area contributed by atoms with Gasteiger partial charge in [0.05, 0.1) is 5.56 Å². The summed E-state index contributed by atoms with van der Waals surface area (Å²) in [6.07, 6.45) is 9.00. The highest BCUT2D eigenvalue weighted by Gasteiger charge is 2.00. The van der Waals surface area contributed by atoms with E-state index in [1.54, 1.807) is 0 Å². The van der Waals surface area contributed by atoms with Gasteiger partial charge in [-0.25, -0.2) is 4.79 Å². The molecular formula is C15H26O5. The number of aliphatic hydroxyl groups excluding tert-OH is 2. The molecule has 5 nitrogen and oxygen atoms in total. The van der Waals surface area contributed by atoms with Gasteiger partial charge in [0.1, 0.15) is 5.75 Å². The predicted molar refractivity (Wildman–Crippen MR) is 79.1 cm³/mol. The molecule has 5 heteroatoms. The molecule has 1 saturated carbocycles. The molecule has 4 N–H and O–H groups in total. The maximum Gasteiger partial charge on any atom is 0.335 e. The van der Waals surface area contributed by atoms with E-state index < -0.39 is 5.97 Å². The molecule has 0 atom stereocenters. The maximum atomic E-state index is 10.2. The highest BCUT2D eigenvalue weighted by Crippen LogP contribution is 2.15. The smallest absolute Gasteiger partial charge is 0.335 e. The third-order valence-corrected chi connectivity index (χ3v) is 2.59. The summed E-state index contributed by atoms with van der Waals surface area (Å²) < 4.78 is 0. The Morgan fingerprint density at radius 1 is 0.900 bits per heavy atom. The Labute approximate surface area is 120 Å². The Balaban J connectivity index is 0. The molecule has 0 heterocycles. The van der Waals surface area contributed by atoms with E-state index in [-0.39, 0.29) is 11.3 Å². The van der Waals surface area contributed by atoms with Gasteiger partial charge in [0.15, 0.2) is 0 Å². The second-order valence-electron chi connectivity index (χ2n) is 3.98. The molecule has 0 aliphatic heterocycles. The highest BCUT2D eigenvalue weighted by atomic mass is 16.4. The zero-order valence-corrected chi connectivity index (χ0v) is 12.2. The van der Waals surface area contributed by atoms with Crippen LogP contribution in [-0.4, -0.2) is 40.6 Å². The van der Waals surface area contributed by atoms with Gasteiger partial charge in [-0.05, 0) is 18.2 Å². The average Bonchev–Trinajstić information content (AvgIpc) is 2.53. The van der Waals surface area contributed by atoms with E-state index >= 15 is 0 Å². The summed E-state index contributed by atoms with van der Waals surface area (Å²) in [5.41, 5.74) is 0.0972. The standard InChI is InChI=1S/C7H6O3.C6H12.2CH4O/c8-6-3-1-2-5(4-6)7(9)10;1-2-4-6-5-3-1;2*1-2/h1-4,8H,(H,9,10);1-6H2;2*2H,1H3. The molecule has 1 aromatic rings. The second kappa shape index (κ2) is 15.5. The summed E-state index contributed by atoms with van der Waals surface area (Å²) in [5, 5.41) is 31.2. The first-order valence-electron chi connectivity index (χ1n) is 6.62. The number of carbonyl (C=O) groups is 1. The van der Waals surface area contributed by atoms with Crippen molar-refractivity contribution >= 4 is 5.97 Å². The minimum absolute atomic E-state index is 0.0279. The van der Waals surface area contributed by atoms with E-state index in [0.29, 0.717) is 0 Å². The Morgan fingerprint density at radius 3 is 1.55 bits per heavy atom. The summed E-state index contributed by atoms with van der Waals surface area (Å²) in [6, 6.07) is 5.52. The van der Waals surface area contributed by atoms with E-state index in [1.165, 1.54) is 62.8 Å². The third kappa shape index (κ3) is 11.5. The van der Waals surface area contributed by atoms with Crippen LogP contribution in [0, 0.1) is 0 Å². The fourth-order valence-corrected chi connectivity index (χ4v) is 1.70. The van der Waals surface area contributed by atoms with Gasteiger partial charge in [0, 0.05) is 14.2 Å². The number of aromatic carboxylic acids is 1. The van der Waals surface area contributed by atoms with Crippen LogP contribution >= 0.6 is 0 Å². The summed E-state index contributed by atoms with van der Waals surface area (Å²) in [5.74, 6) is -1.06. The monoisotopic (exact) mass is 286 g/mol. The number of benzene rings is 1. The second-order valence-corrected chi connectivity index (χ2v) is 3.98. The first-order chi connectivity index (χ1) is 9.70. The van der Waals surface area contributed by atoms with Gasteiger partial charge in [0.2, 0.25) is 0 Å². The van der Waals surface area contributed by atoms with Gasteiger partial charge >= 0.3 is 5.97 Å². The lowest BCUT2D eigenvalue weighted by molar-refractivity contribution is 0.0696. The number of phenolic OH excluding ortho intramolecular Hbond substituents is 1. The van der Waals surface area contributed by atoms with E-state index in [1.807, 2.05) is 0 Å². The number of rotatable bonds is 1. The van der Waals surface area contributed by atoms with Crippen LogP contribution in [0.2, 0.25) is 0 Å². The fraction of sp³-hybridized carbons (Fsp3) is 0.533. The van der Waals surface area contributed by atoms with Crippen LogP contribution in [0.4, 0.5) is 0 Å². The number of hydrogen-bond acceptors (Lipinski definition) is 4. The normalized spacial score (nSPS) is 12.4. The molecule has 20 heavy (non-hydrogen) atoms. The Bertz CT molecular complexity index is 323. The van der Waals surface area contributed by atoms with E-state index in [2.05, 4.69) is 0 Å². The zero-order chi connectivity index (χ0) is 15.8. The van der Waals surface area contributed by atoms with Crippen molar-refractivity contribution < 1.29 is 25.2 Å². The van der Waals surface area contributed by atoms with Gasteiger partial charge in [0.25, 0.3) is 0 Å². The van der Waals surface area contributed by atoms with E-state index in [4.69, 9.17) is 20.4 Å². The number of aromatic hydroxyl groups is 1. The van der Waals surface area contributed by atoms with Gasteiger partial charge < -0.3 is 20.4 Å². The van der Waals surface area contributed by atoms with Crippen molar-refractivity contribution in [3.05, 3.63) is 29.8 Å². The van der Waals surface area contributed by atoms with Crippen LogP contribution in [0.5, 0.6) is 5.75 Å². The maximum absolute atomic E-state index is 10.2. The molecule has 1 aliphatic rings. The quantitative estimate of drug-likeness (QED) is 0.636. The van der Waals surface area contributed by atoms with Crippen LogP contribution < -0.4 is 0 Å². The molecule has 116 valence electrons. The number of carboxylic acids is 1. The van der Waals surface area contributed by atoms with E-state index in [0.717, 1.165) is 14.2 Å². The summed E-state index contributed by atoms with van der Waals surface area (Å²) in [6.45, 7) is 0. The van der Waals surface area contributed by atoms with Crippen molar-refractivity contribution in [3.8, 4) is 5.75 Å². The van der Waals surface area contributed by atoms with Gasteiger partial charge in [-0.2, -0.15) is 0 Å². The molecule has 0 bridgehead atoms. The van der Waals surface area contributed by atoms with Crippen LogP contribution in [0.3, 0.4) is 0 Å². The molecule has 0 spiro atoms. The lowest BCUT2D eigenvalue weighted by Crippen LogP contribution is -1.94. The van der Waals surface area contributed by atoms with Crippen molar-refractivity contribution in [1.82, 2.24) is 0 Å². The van der Waals surface area contributed by atoms with Crippen LogP contribution in [-0.2, 0) is 0 Å². The van der Waals surface area contributed by atoms with Gasteiger partial charge in [-0.3, -0.25) is 0 Å². The highest BCUT2D eigenvalue weighted by molar-refractivity contribution is 5.87. The zero-order valence-electron chi connectivity index (χ0n) is 12.2. The molecule has 1 fully saturated rings. The van der Waals surface area contributed by atoms with Crippen molar-refractivity contribution in [2.45, 2.75) is 38.5 Å². The number of carboxylic acid groups (broad SMARTS) is 1. The molecule has 0 amide bonds. The van der Waals surface area contributed by atoms with Crippen LogP contribution in [0.15, 0.2) is 24.3 Å².